The third-order valence-electron chi connectivity index (χ3n) is 2.31. The zero-order valence-corrected chi connectivity index (χ0v) is 9.66. The van der Waals surface area contributed by atoms with Crippen molar-refractivity contribution in [3.63, 3.8) is 0 Å². The predicted molar refractivity (Wildman–Crippen MR) is 64.1 cm³/mol. The van der Waals surface area contributed by atoms with Crippen LogP contribution in [-0.4, -0.2) is 9.55 Å². The number of hydrogen-bond acceptors (Lipinski definition) is 4. The van der Waals surface area contributed by atoms with Gasteiger partial charge in [-0.2, -0.15) is 5.26 Å². The summed E-state index contributed by atoms with van der Waals surface area (Å²) in [4.78, 5) is 25.9. The molecule has 2 heterocycles. The van der Waals surface area contributed by atoms with Crippen molar-refractivity contribution in [1.29, 1.82) is 5.26 Å². The second-order valence-electron chi connectivity index (χ2n) is 3.44. The van der Waals surface area contributed by atoms with Crippen LogP contribution < -0.4 is 11.2 Å². The van der Waals surface area contributed by atoms with E-state index in [4.69, 9.17) is 5.26 Å². The lowest BCUT2D eigenvalue weighted by molar-refractivity contribution is 0.647. The second-order valence-corrected chi connectivity index (χ2v) is 4.47. The Kier molecular flexibility index (Phi) is 3.21. The van der Waals surface area contributed by atoms with Crippen LogP contribution in [0.5, 0.6) is 0 Å². The molecule has 2 aromatic rings. The van der Waals surface area contributed by atoms with Crippen LogP contribution in [0.4, 0.5) is 0 Å². The fourth-order valence-electron chi connectivity index (χ4n) is 1.44. The quantitative estimate of drug-likeness (QED) is 0.867. The molecule has 0 bridgehead atoms. The average Bonchev–Trinajstić information content (AvgIpc) is 2.81. The monoisotopic (exact) mass is 247 g/mol. The first-order chi connectivity index (χ1) is 8.20. The van der Waals surface area contributed by atoms with E-state index in [1.165, 1.54) is 10.8 Å². The van der Waals surface area contributed by atoms with Crippen molar-refractivity contribution in [2.45, 2.75) is 13.0 Å². The minimum absolute atomic E-state index is 0.0456. The molecular weight excluding hydrogens is 238 g/mol. The maximum Gasteiger partial charge on any atom is 0.328 e. The zero-order valence-electron chi connectivity index (χ0n) is 8.84. The first-order valence-corrected chi connectivity index (χ1v) is 5.85. The molecule has 2 rings (SSSR count). The van der Waals surface area contributed by atoms with Crippen LogP contribution in [0, 0.1) is 11.3 Å². The first-order valence-electron chi connectivity index (χ1n) is 4.97. The van der Waals surface area contributed by atoms with Gasteiger partial charge in [0.2, 0.25) is 0 Å². The lowest BCUT2D eigenvalue weighted by Gasteiger charge is -2.03. The Hall–Kier alpha value is -2.13. The summed E-state index contributed by atoms with van der Waals surface area (Å²) < 4.78 is 1.35. The highest BCUT2D eigenvalue weighted by molar-refractivity contribution is 7.09. The summed E-state index contributed by atoms with van der Waals surface area (Å²) in [6.07, 6.45) is 2.00. The van der Waals surface area contributed by atoms with Gasteiger partial charge in [-0.15, -0.1) is 11.3 Å². The van der Waals surface area contributed by atoms with Crippen LogP contribution in [0.25, 0.3) is 0 Å². The number of aromatic nitrogens is 2. The summed E-state index contributed by atoms with van der Waals surface area (Å²) in [7, 11) is 0. The number of H-pyrrole nitrogens is 1. The summed E-state index contributed by atoms with van der Waals surface area (Å²) in [5.74, 6) is 0. The number of hydrogen-bond donors (Lipinski definition) is 1. The smallest absolute Gasteiger partial charge is 0.299 e. The first kappa shape index (κ1) is 11.4. The Morgan fingerprint density at radius 3 is 2.94 bits per heavy atom. The van der Waals surface area contributed by atoms with Gasteiger partial charge < -0.3 is 0 Å². The molecule has 0 radical (unpaired) electrons. The van der Waals surface area contributed by atoms with Gasteiger partial charge in [0, 0.05) is 17.6 Å². The third-order valence-corrected chi connectivity index (χ3v) is 3.25. The van der Waals surface area contributed by atoms with Crippen LogP contribution in [0.3, 0.4) is 0 Å². The van der Waals surface area contributed by atoms with Gasteiger partial charge in [0.25, 0.3) is 5.56 Å². The van der Waals surface area contributed by atoms with Gasteiger partial charge in [-0.05, 0) is 17.9 Å². The predicted octanol–water partition coefficient (Wildman–Crippen LogP) is 0.712. The van der Waals surface area contributed by atoms with Gasteiger partial charge in [0.15, 0.2) is 0 Å². The molecule has 86 valence electrons. The summed E-state index contributed by atoms with van der Waals surface area (Å²) in [6, 6.07) is 5.67. The lowest BCUT2D eigenvalue weighted by Crippen LogP contribution is -2.31. The maximum atomic E-state index is 11.5. The summed E-state index contributed by atoms with van der Waals surface area (Å²) >= 11 is 1.61. The van der Waals surface area contributed by atoms with Crippen molar-refractivity contribution < 1.29 is 0 Å². The third kappa shape index (κ3) is 2.52. The molecule has 0 aliphatic rings. The van der Waals surface area contributed by atoms with Crippen molar-refractivity contribution in [3.8, 4) is 6.07 Å². The van der Waals surface area contributed by atoms with Gasteiger partial charge in [-0.25, -0.2) is 4.79 Å². The van der Waals surface area contributed by atoms with Crippen molar-refractivity contribution >= 4 is 11.3 Å². The number of nitrogens with one attached hydrogen (secondary N) is 1. The molecule has 0 saturated heterocycles. The van der Waals surface area contributed by atoms with E-state index in [-0.39, 0.29) is 5.56 Å². The molecule has 0 saturated carbocycles. The number of nitriles is 1. The van der Waals surface area contributed by atoms with E-state index in [0.29, 0.717) is 13.0 Å². The molecule has 0 spiro atoms. The van der Waals surface area contributed by atoms with Crippen LogP contribution in [-0.2, 0) is 13.0 Å². The van der Waals surface area contributed by atoms with E-state index in [0.717, 1.165) is 4.88 Å². The van der Waals surface area contributed by atoms with E-state index in [1.807, 2.05) is 17.5 Å². The molecule has 0 unspecified atom stereocenters. The average molecular weight is 247 g/mol. The van der Waals surface area contributed by atoms with Crippen molar-refractivity contribution in [3.05, 3.63) is 55.0 Å². The molecule has 0 fully saturated rings. The number of thiophene rings is 1. The van der Waals surface area contributed by atoms with E-state index < -0.39 is 11.2 Å². The molecule has 0 aromatic carbocycles. The maximum absolute atomic E-state index is 11.5. The Morgan fingerprint density at radius 2 is 2.29 bits per heavy atom. The minimum Gasteiger partial charge on any atom is -0.299 e. The van der Waals surface area contributed by atoms with Gasteiger partial charge in [0.05, 0.1) is 0 Å². The van der Waals surface area contributed by atoms with Crippen molar-refractivity contribution in [1.82, 2.24) is 9.55 Å². The minimum atomic E-state index is -0.634. The van der Waals surface area contributed by atoms with Crippen LogP contribution >= 0.6 is 11.3 Å². The molecule has 5 nitrogen and oxygen atoms in total. The molecule has 2 aromatic heterocycles. The largest absolute Gasteiger partial charge is 0.328 e. The van der Waals surface area contributed by atoms with Crippen molar-refractivity contribution in [2.75, 3.05) is 0 Å². The highest BCUT2D eigenvalue weighted by Crippen LogP contribution is 2.09. The van der Waals surface area contributed by atoms with Gasteiger partial charge in [0.1, 0.15) is 11.6 Å². The number of nitrogens with zero attached hydrogens (tertiary/aromatic N) is 2. The van der Waals surface area contributed by atoms with Crippen LogP contribution in [0.2, 0.25) is 0 Å². The van der Waals surface area contributed by atoms with Crippen molar-refractivity contribution in [2.24, 2.45) is 0 Å². The summed E-state index contributed by atoms with van der Waals surface area (Å²) in [5.41, 5.74) is -1.16. The lowest BCUT2D eigenvalue weighted by atomic mass is 10.3. The van der Waals surface area contributed by atoms with Gasteiger partial charge in [-0.3, -0.25) is 14.3 Å². The summed E-state index contributed by atoms with van der Waals surface area (Å²) in [6.45, 7) is 0.449. The van der Waals surface area contributed by atoms with Crippen LogP contribution in [0.1, 0.15) is 10.4 Å². The fourth-order valence-corrected chi connectivity index (χ4v) is 2.14. The van der Waals surface area contributed by atoms with E-state index >= 15 is 0 Å². The highest BCUT2D eigenvalue weighted by Gasteiger charge is 2.04. The molecule has 1 N–H and O–H groups in total. The normalized spacial score (nSPS) is 10.1. The highest BCUT2D eigenvalue weighted by atomic mass is 32.1. The van der Waals surface area contributed by atoms with E-state index in [2.05, 4.69) is 4.98 Å². The van der Waals surface area contributed by atoms with E-state index in [9.17, 15) is 9.59 Å². The molecule has 0 amide bonds. The van der Waals surface area contributed by atoms with Crippen LogP contribution in [0.15, 0.2) is 33.3 Å². The Balaban J connectivity index is 2.25. The standard InChI is InChI=1S/C11H9N3O2S/c12-6-8-7-14(11(16)13-10(8)15)4-3-9-2-1-5-17-9/h1-2,5,7H,3-4H2,(H,13,15,16). The molecule has 0 aliphatic carbocycles. The molecule has 6 heteroatoms. The van der Waals surface area contributed by atoms with E-state index in [1.54, 1.807) is 17.4 Å². The Labute approximate surface area is 101 Å². The fraction of sp³-hybridized carbons (Fsp3) is 0.182. The van der Waals surface area contributed by atoms with Gasteiger partial charge >= 0.3 is 5.69 Å². The number of rotatable bonds is 3. The Bertz CT molecular complexity index is 661. The SMILES string of the molecule is N#Cc1cn(CCc2cccs2)c(=O)[nH]c1=O. The van der Waals surface area contributed by atoms with Gasteiger partial charge in [-0.1, -0.05) is 6.07 Å². The second kappa shape index (κ2) is 4.80. The molecular formula is C11H9N3O2S. The molecule has 0 aliphatic heterocycles. The number of aryl methyl sites for hydroxylation is 2. The number of aromatic amines is 1. The Morgan fingerprint density at radius 1 is 1.47 bits per heavy atom. The summed E-state index contributed by atoms with van der Waals surface area (Å²) in [5, 5.41) is 10.7. The molecule has 0 atom stereocenters. The topological polar surface area (TPSA) is 78.7 Å². The zero-order chi connectivity index (χ0) is 12.3. The molecule has 17 heavy (non-hydrogen) atoms.